The molecule has 1 unspecified atom stereocenters. The highest BCUT2D eigenvalue weighted by Gasteiger charge is 2.17. The van der Waals surface area contributed by atoms with Crippen molar-refractivity contribution in [1.29, 1.82) is 0 Å². The van der Waals surface area contributed by atoms with Crippen LogP contribution in [0.15, 0.2) is 48.7 Å². The topological polar surface area (TPSA) is 56.3 Å². The number of nitrogens with zero attached hydrogens (tertiary/aromatic N) is 2. The molecule has 2 aromatic heterocycles. The van der Waals surface area contributed by atoms with Gasteiger partial charge in [-0.2, -0.15) is 0 Å². The zero-order chi connectivity index (χ0) is 17.1. The van der Waals surface area contributed by atoms with Gasteiger partial charge in [0.15, 0.2) is 0 Å². The highest BCUT2D eigenvalue weighted by Crippen LogP contribution is 2.21. The Morgan fingerprint density at radius 1 is 1.24 bits per heavy atom. The summed E-state index contributed by atoms with van der Waals surface area (Å²) in [7, 11) is 0. The van der Waals surface area contributed by atoms with Crippen molar-refractivity contribution in [1.82, 2.24) is 9.97 Å². The van der Waals surface area contributed by atoms with Crippen molar-refractivity contribution in [2.24, 2.45) is 0 Å². The first kappa shape index (κ1) is 15.8. The molecule has 1 atom stereocenters. The van der Waals surface area contributed by atoms with Crippen LogP contribution in [0, 0.1) is 6.92 Å². The molecule has 0 saturated carbocycles. The summed E-state index contributed by atoms with van der Waals surface area (Å²) in [6, 6.07) is 14.3. The van der Waals surface area contributed by atoms with Crippen LogP contribution in [0.4, 0.5) is 5.82 Å². The average molecular weight is 335 g/mol. The summed E-state index contributed by atoms with van der Waals surface area (Å²) in [6.45, 7) is 4.15. The van der Waals surface area contributed by atoms with Gasteiger partial charge >= 0.3 is 0 Å². The molecule has 25 heavy (non-hydrogen) atoms. The second-order valence-corrected chi connectivity index (χ2v) is 6.31. The quantitative estimate of drug-likeness (QED) is 0.770. The number of fused-ring (bicyclic) bond motifs is 1. The van der Waals surface area contributed by atoms with E-state index < -0.39 is 0 Å². The third-order valence-corrected chi connectivity index (χ3v) is 4.35. The van der Waals surface area contributed by atoms with Gasteiger partial charge in [-0.15, -0.1) is 0 Å². The van der Waals surface area contributed by atoms with Gasteiger partial charge in [0.05, 0.1) is 18.7 Å². The Balaban J connectivity index is 1.46. The predicted molar refractivity (Wildman–Crippen MR) is 97.9 cm³/mol. The number of anilines is 1. The van der Waals surface area contributed by atoms with E-state index in [1.807, 2.05) is 30.3 Å². The van der Waals surface area contributed by atoms with Gasteiger partial charge in [0, 0.05) is 30.6 Å². The smallest absolute Gasteiger partial charge is 0.213 e. The minimum atomic E-state index is 0.111. The van der Waals surface area contributed by atoms with Crippen molar-refractivity contribution >= 4 is 16.7 Å². The van der Waals surface area contributed by atoms with Crippen molar-refractivity contribution in [3.05, 3.63) is 59.8 Å². The lowest BCUT2D eigenvalue weighted by Gasteiger charge is -2.13. The second kappa shape index (κ2) is 7.07. The maximum absolute atomic E-state index is 5.87. The predicted octanol–water partition coefficient (Wildman–Crippen LogP) is 3.72. The highest BCUT2D eigenvalue weighted by atomic mass is 16.5. The summed E-state index contributed by atoms with van der Waals surface area (Å²) in [5.41, 5.74) is 3.24. The van der Waals surface area contributed by atoms with Gasteiger partial charge < -0.3 is 14.8 Å². The minimum Gasteiger partial charge on any atom is -0.472 e. The number of rotatable bonds is 5. The summed E-state index contributed by atoms with van der Waals surface area (Å²) in [4.78, 5) is 9.02. The first-order valence-corrected chi connectivity index (χ1v) is 8.57. The van der Waals surface area contributed by atoms with Crippen LogP contribution >= 0.6 is 0 Å². The van der Waals surface area contributed by atoms with Crippen molar-refractivity contribution < 1.29 is 9.47 Å². The molecule has 5 heteroatoms. The van der Waals surface area contributed by atoms with E-state index in [9.17, 15) is 0 Å². The first-order valence-electron chi connectivity index (χ1n) is 8.57. The maximum atomic E-state index is 5.87. The summed E-state index contributed by atoms with van der Waals surface area (Å²) in [5, 5.41) is 4.58. The van der Waals surface area contributed by atoms with E-state index in [1.165, 1.54) is 0 Å². The molecule has 3 aromatic rings. The first-order chi connectivity index (χ1) is 12.3. The van der Waals surface area contributed by atoms with Crippen LogP contribution in [-0.4, -0.2) is 29.3 Å². The van der Waals surface area contributed by atoms with Crippen molar-refractivity contribution in [2.75, 3.05) is 18.5 Å². The summed E-state index contributed by atoms with van der Waals surface area (Å²) in [6.07, 6.45) is 2.81. The number of pyridine rings is 2. The Kier molecular flexibility index (Phi) is 4.48. The van der Waals surface area contributed by atoms with Crippen LogP contribution in [0.5, 0.6) is 5.88 Å². The van der Waals surface area contributed by atoms with Gasteiger partial charge in [-0.25, -0.2) is 9.97 Å². The number of aryl methyl sites for hydroxylation is 1. The zero-order valence-electron chi connectivity index (χ0n) is 14.2. The number of hydrogen-bond acceptors (Lipinski definition) is 5. The lowest BCUT2D eigenvalue weighted by atomic mass is 10.1. The van der Waals surface area contributed by atoms with Gasteiger partial charge in [-0.05, 0) is 36.2 Å². The molecule has 128 valence electrons. The lowest BCUT2D eigenvalue weighted by molar-refractivity contribution is 0.138. The third kappa shape index (κ3) is 3.72. The van der Waals surface area contributed by atoms with E-state index in [1.54, 1.807) is 6.20 Å². The van der Waals surface area contributed by atoms with Crippen molar-refractivity contribution in [3.8, 4) is 5.88 Å². The SMILES string of the molecule is Cc1cc2ccccc2nc1NCc1ccnc(OC2CCOC2)c1. The van der Waals surface area contributed by atoms with Crippen LogP contribution < -0.4 is 10.1 Å². The van der Waals surface area contributed by atoms with E-state index in [0.717, 1.165) is 40.9 Å². The Hall–Kier alpha value is -2.66. The van der Waals surface area contributed by atoms with Crippen LogP contribution in [0.25, 0.3) is 10.9 Å². The normalized spacial score (nSPS) is 16.9. The van der Waals surface area contributed by atoms with E-state index in [-0.39, 0.29) is 6.10 Å². The van der Waals surface area contributed by atoms with Crippen LogP contribution in [-0.2, 0) is 11.3 Å². The van der Waals surface area contributed by atoms with Crippen molar-refractivity contribution in [2.45, 2.75) is 26.0 Å². The largest absolute Gasteiger partial charge is 0.472 e. The molecular formula is C20H21N3O2. The van der Waals surface area contributed by atoms with E-state index in [0.29, 0.717) is 19.0 Å². The number of ether oxygens (including phenoxy) is 2. The van der Waals surface area contributed by atoms with Gasteiger partial charge in [-0.3, -0.25) is 0 Å². The van der Waals surface area contributed by atoms with Crippen LogP contribution in [0.2, 0.25) is 0 Å². The average Bonchev–Trinajstić information content (AvgIpc) is 3.13. The summed E-state index contributed by atoms with van der Waals surface area (Å²) < 4.78 is 11.2. The molecule has 1 aromatic carbocycles. The highest BCUT2D eigenvalue weighted by molar-refractivity contribution is 5.81. The molecule has 1 N–H and O–H groups in total. The van der Waals surface area contributed by atoms with Gasteiger partial charge in [0.2, 0.25) is 5.88 Å². The van der Waals surface area contributed by atoms with Gasteiger partial charge in [0.25, 0.3) is 0 Å². The molecule has 3 heterocycles. The maximum Gasteiger partial charge on any atom is 0.213 e. The van der Waals surface area contributed by atoms with E-state index in [2.05, 4.69) is 29.4 Å². The number of aromatic nitrogens is 2. The van der Waals surface area contributed by atoms with Gasteiger partial charge in [0.1, 0.15) is 11.9 Å². The Morgan fingerprint density at radius 2 is 2.16 bits per heavy atom. The molecule has 0 radical (unpaired) electrons. The fourth-order valence-corrected chi connectivity index (χ4v) is 2.99. The molecule has 0 amide bonds. The van der Waals surface area contributed by atoms with E-state index in [4.69, 9.17) is 14.5 Å². The molecule has 0 aliphatic carbocycles. The number of hydrogen-bond donors (Lipinski definition) is 1. The summed E-state index contributed by atoms with van der Waals surface area (Å²) in [5.74, 6) is 1.56. The minimum absolute atomic E-state index is 0.111. The van der Waals surface area contributed by atoms with E-state index >= 15 is 0 Å². The molecule has 5 nitrogen and oxygen atoms in total. The Labute approximate surface area is 147 Å². The van der Waals surface area contributed by atoms with Gasteiger partial charge in [-0.1, -0.05) is 18.2 Å². The molecular weight excluding hydrogens is 314 g/mol. The second-order valence-electron chi connectivity index (χ2n) is 6.31. The Bertz CT molecular complexity index is 876. The molecule has 0 spiro atoms. The number of benzene rings is 1. The Morgan fingerprint density at radius 3 is 3.04 bits per heavy atom. The molecule has 4 rings (SSSR count). The molecule has 0 bridgehead atoms. The van der Waals surface area contributed by atoms with Crippen LogP contribution in [0.1, 0.15) is 17.5 Å². The molecule has 1 aliphatic heterocycles. The monoisotopic (exact) mass is 335 g/mol. The standard InChI is InChI=1S/C20H21N3O2/c1-14-10-16-4-2-3-5-18(16)23-20(14)22-12-15-6-8-21-19(11-15)25-17-7-9-24-13-17/h2-6,8,10-11,17H,7,9,12-13H2,1H3,(H,22,23). The molecule has 1 aliphatic rings. The molecule has 1 fully saturated rings. The number of para-hydroxylation sites is 1. The third-order valence-electron chi connectivity index (χ3n) is 4.35. The van der Waals surface area contributed by atoms with Crippen molar-refractivity contribution in [3.63, 3.8) is 0 Å². The lowest BCUT2D eigenvalue weighted by Crippen LogP contribution is -2.16. The zero-order valence-corrected chi connectivity index (χ0v) is 14.2. The number of nitrogens with one attached hydrogen (secondary N) is 1. The summed E-state index contributed by atoms with van der Waals surface area (Å²) >= 11 is 0. The fourth-order valence-electron chi connectivity index (χ4n) is 2.99. The molecule has 1 saturated heterocycles. The van der Waals surface area contributed by atoms with Crippen LogP contribution in [0.3, 0.4) is 0 Å². The fraction of sp³-hybridized carbons (Fsp3) is 0.300.